The van der Waals surface area contributed by atoms with Crippen molar-refractivity contribution in [3.05, 3.63) is 0 Å². The summed E-state index contributed by atoms with van der Waals surface area (Å²) in [4.78, 5) is 20.3. The molecule has 1 heterocycles. The van der Waals surface area contributed by atoms with Crippen molar-refractivity contribution in [3.8, 4) is 0 Å². The number of aliphatic hydroxyl groups is 4. The molecule has 10 heteroatoms. The van der Waals surface area contributed by atoms with Crippen LogP contribution >= 0.6 is 7.82 Å². The van der Waals surface area contributed by atoms with Crippen molar-refractivity contribution in [2.24, 2.45) is 0 Å². The number of hydrogen-bond donors (Lipinski definition) is 4. The van der Waals surface area contributed by atoms with Crippen molar-refractivity contribution in [3.63, 3.8) is 0 Å². The van der Waals surface area contributed by atoms with E-state index >= 15 is 0 Å². The lowest BCUT2D eigenvalue weighted by atomic mass is 10.1. The smallest absolute Gasteiger partial charge is 0.219 e. The minimum absolute atomic E-state index is 0.701. The number of aliphatic hydroxyl groups excluding tert-OH is 3. The van der Waals surface area contributed by atoms with Gasteiger partial charge >= 0.3 is 0 Å². The molecule has 0 radical (unpaired) electrons. The van der Waals surface area contributed by atoms with Crippen molar-refractivity contribution in [2.75, 3.05) is 13.2 Å². The van der Waals surface area contributed by atoms with Crippen LogP contribution in [0.2, 0.25) is 0 Å². The zero-order valence-corrected chi connectivity index (χ0v) is 8.82. The average molecular weight is 258 g/mol. The molecule has 0 saturated carbocycles. The third-order valence-corrected chi connectivity index (χ3v) is 2.58. The predicted octanol–water partition coefficient (Wildman–Crippen LogP) is -4.37. The van der Waals surface area contributed by atoms with Crippen molar-refractivity contribution < 1.29 is 44.0 Å². The van der Waals surface area contributed by atoms with Crippen LogP contribution in [-0.4, -0.2) is 57.7 Å². The van der Waals surface area contributed by atoms with Crippen LogP contribution in [0.1, 0.15) is 0 Å². The van der Waals surface area contributed by atoms with Crippen LogP contribution in [0.3, 0.4) is 0 Å². The highest BCUT2D eigenvalue weighted by Crippen LogP contribution is 2.34. The lowest BCUT2D eigenvalue weighted by Crippen LogP contribution is -2.47. The summed E-state index contributed by atoms with van der Waals surface area (Å²) < 4.78 is 18.5. The number of phosphoric acid groups is 1. The molecular weight excluding hydrogens is 247 g/mol. The van der Waals surface area contributed by atoms with Gasteiger partial charge in [0.1, 0.15) is 24.9 Å². The van der Waals surface area contributed by atoms with Gasteiger partial charge in [0.25, 0.3) is 0 Å². The molecule has 0 aromatic heterocycles. The van der Waals surface area contributed by atoms with E-state index < -0.39 is 45.1 Å². The Labute approximate surface area is 90.1 Å². The second-order valence-electron chi connectivity index (χ2n) is 3.34. The van der Waals surface area contributed by atoms with Crippen molar-refractivity contribution in [2.45, 2.75) is 24.1 Å². The molecule has 0 bridgehead atoms. The quantitative estimate of drug-likeness (QED) is 0.365. The topological polar surface area (TPSA) is 163 Å². The van der Waals surface area contributed by atoms with Gasteiger partial charge in [-0.05, 0) is 0 Å². The maximum Gasteiger partial charge on any atom is 0.219 e. The predicted molar refractivity (Wildman–Crippen MR) is 42.5 cm³/mol. The summed E-state index contributed by atoms with van der Waals surface area (Å²) in [5, 5.41) is 36.8. The molecule has 1 rings (SSSR count). The van der Waals surface area contributed by atoms with Gasteiger partial charge in [0, 0.05) is 0 Å². The van der Waals surface area contributed by atoms with Gasteiger partial charge in [-0.15, -0.1) is 0 Å². The van der Waals surface area contributed by atoms with Gasteiger partial charge in [-0.2, -0.15) is 0 Å². The minimum Gasteiger partial charge on any atom is -0.790 e. The van der Waals surface area contributed by atoms with Crippen LogP contribution in [0.5, 0.6) is 0 Å². The second-order valence-corrected chi connectivity index (χ2v) is 4.49. The minimum atomic E-state index is -5.33. The molecule has 4 N–H and O–H groups in total. The van der Waals surface area contributed by atoms with Crippen LogP contribution in [0.25, 0.3) is 0 Å². The molecule has 9 nitrogen and oxygen atoms in total. The lowest BCUT2D eigenvalue weighted by molar-refractivity contribution is -0.350. The third kappa shape index (κ3) is 2.98. The zero-order chi connectivity index (χ0) is 12.6. The summed E-state index contributed by atoms with van der Waals surface area (Å²) in [5.41, 5.74) is 0. The van der Waals surface area contributed by atoms with Crippen LogP contribution in [0.15, 0.2) is 0 Å². The highest BCUT2D eigenvalue weighted by Gasteiger charge is 2.53. The Morgan fingerprint density at radius 1 is 1.44 bits per heavy atom. The van der Waals surface area contributed by atoms with E-state index in [1.54, 1.807) is 0 Å². The molecule has 0 aromatic carbocycles. The number of ether oxygens (including phenoxy) is 1. The maximum absolute atomic E-state index is 10.2. The Morgan fingerprint density at radius 2 is 2.00 bits per heavy atom. The molecule has 0 aromatic rings. The van der Waals surface area contributed by atoms with E-state index in [2.05, 4.69) is 9.26 Å². The maximum atomic E-state index is 10.2. The van der Waals surface area contributed by atoms with Crippen molar-refractivity contribution in [1.82, 2.24) is 0 Å². The standard InChI is InChI=1S/C6H13O9P/c7-1-3-4(8)5(9)6(10,15-3)2-14-16(11,12)13/h3-5,7-10H,1-2H2,(H2,11,12,13)/p-2/t3-,4-,5+,6-/m1/s1. The van der Waals surface area contributed by atoms with Crippen molar-refractivity contribution in [1.29, 1.82) is 0 Å². The number of rotatable bonds is 4. The van der Waals surface area contributed by atoms with E-state index in [1.165, 1.54) is 0 Å². The summed E-state index contributed by atoms with van der Waals surface area (Å²) in [7, 11) is -5.33. The van der Waals surface area contributed by atoms with Gasteiger partial charge in [-0.1, -0.05) is 0 Å². The fourth-order valence-electron chi connectivity index (χ4n) is 1.31. The molecule has 1 aliphatic rings. The largest absolute Gasteiger partial charge is 0.790 e. The molecule has 0 unspecified atom stereocenters. The van der Waals surface area contributed by atoms with E-state index in [4.69, 9.17) is 5.11 Å². The first kappa shape index (κ1) is 14.0. The molecule has 0 amide bonds. The molecule has 0 aliphatic carbocycles. The molecule has 1 fully saturated rings. The Balaban J connectivity index is 2.67. The molecule has 16 heavy (non-hydrogen) atoms. The number of phosphoric ester groups is 1. The highest BCUT2D eigenvalue weighted by atomic mass is 31.2. The lowest BCUT2D eigenvalue weighted by Gasteiger charge is -2.33. The fourth-order valence-corrected chi connectivity index (χ4v) is 1.65. The summed E-state index contributed by atoms with van der Waals surface area (Å²) in [5.74, 6) is -2.54. The monoisotopic (exact) mass is 258 g/mol. The van der Waals surface area contributed by atoms with Gasteiger partial charge in [0.05, 0.1) is 14.4 Å². The van der Waals surface area contributed by atoms with E-state index in [0.717, 1.165) is 0 Å². The fraction of sp³-hybridized carbons (Fsp3) is 1.00. The van der Waals surface area contributed by atoms with Crippen LogP contribution < -0.4 is 9.79 Å². The van der Waals surface area contributed by atoms with E-state index in [9.17, 15) is 29.7 Å². The Kier molecular flexibility index (Phi) is 4.06. The highest BCUT2D eigenvalue weighted by molar-refractivity contribution is 7.43. The van der Waals surface area contributed by atoms with Gasteiger partial charge in [-0.3, -0.25) is 0 Å². The van der Waals surface area contributed by atoms with E-state index in [-0.39, 0.29) is 0 Å². The Morgan fingerprint density at radius 3 is 2.38 bits per heavy atom. The molecule has 0 spiro atoms. The second kappa shape index (κ2) is 4.65. The molecule has 1 aliphatic heterocycles. The Hall–Kier alpha value is -0.0900. The molecule has 96 valence electrons. The van der Waals surface area contributed by atoms with Crippen LogP contribution in [0.4, 0.5) is 0 Å². The third-order valence-electron chi connectivity index (χ3n) is 2.13. The first-order valence-electron chi connectivity index (χ1n) is 4.23. The molecular formula is C6H11O9P-2. The summed E-state index contributed by atoms with van der Waals surface area (Å²) in [6.45, 7) is -1.86. The Bertz CT molecular complexity index is 290. The molecule has 1 saturated heterocycles. The zero-order valence-electron chi connectivity index (χ0n) is 7.92. The van der Waals surface area contributed by atoms with Crippen LogP contribution in [0, 0.1) is 0 Å². The van der Waals surface area contributed by atoms with Gasteiger partial charge in [0.2, 0.25) is 5.79 Å². The normalized spacial score (nSPS) is 40.2. The average Bonchev–Trinajstić information content (AvgIpc) is 2.40. The summed E-state index contributed by atoms with van der Waals surface area (Å²) in [6.07, 6.45) is -4.80. The van der Waals surface area contributed by atoms with Crippen molar-refractivity contribution >= 4 is 7.82 Å². The first-order valence-corrected chi connectivity index (χ1v) is 5.69. The van der Waals surface area contributed by atoms with E-state index in [1.807, 2.05) is 0 Å². The van der Waals surface area contributed by atoms with Gasteiger partial charge in [-0.25, -0.2) is 0 Å². The molecule has 4 atom stereocenters. The summed E-state index contributed by atoms with van der Waals surface area (Å²) in [6, 6.07) is 0. The SMILES string of the molecule is O=P([O-])([O-])OC[C@@]1(O)O[C@H](CO)[C@@H](O)[C@@H]1O. The van der Waals surface area contributed by atoms with E-state index in [0.29, 0.717) is 0 Å². The van der Waals surface area contributed by atoms with Gasteiger partial charge in [0.15, 0.2) is 0 Å². The number of hydrogen-bond acceptors (Lipinski definition) is 9. The van der Waals surface area contributed by atoms with Crippen LogP contribution in [-0.2, 0) is 13.8 Å². The summed E-state index contributed by atoms with van der Waals surface area (Å²) >= 11 is 0. The van der Waals surface area contributed by atoms with Gasteiger partial charge < -0.3 is 44.0 Å². The first-order chi connectivity index (χ1) is 7.19.